The van der Waals surface area contributed by atoms with Gasteiger partial charge in [-0.2, -0.15) is 0 Å². The summed E-state index contributed by atoms with van der Waals surface area (Å²) >= 11 is 0. The Balaban J connectivity index is 2.90. The van der Waals surface area contributed by atoms with E-state index in [1.165, 1.54) is 0 Å². The van der Waals surface area contributed by atoms with Crippen molar-refractivity contribution in [3.05, 3.63) is 23.8 Å². The molecule has 0 heterocycles. The molecule has 112 valence electrons. The average molecular weight is 300 g/mol. The molecule has 0 saturated carbocycles. The molecule has 1 aromatic rings. The monoisotopic (exact) mass is 300 g/mol. The summed E-state index contributed by atoms with van der Waals surface area (Å²) in [5.74, 6) is -0.207. The number of anilines is 1. The highest BCUT2D eigenvalue weighted by molar-refractivity contribution is 7.90. The minimum atomic E-state index is -3.15. The number of rotatable bonds is 6. The number of carbonyl (C=O) groups is 1. The third-order valence-corrected chi connectivity index (χ3v) is 3.61. The third kappa shape index (κ3) is 4.73. The smallest absolute Gasteiger partial charge is 0.255 e. The fourth-order valence-corrected chi connectivity index (χ4v) is 2.83. The summed E-state index contributed by atoms with van der Waals surface area (Å²) in [6, 6.07) is 4.38. The van der Waals surface area contributed by atoms with E-state index in [1.54, 1.807) is 32.0 Å². The molecule has 0 radical (unpaired) electrons. The van der Waals surface area contributed by atoms with Crippen molar-refractivity contribution in [1.29, 1.82) is 0 Å². The molecule has 20 heavy (non-hydrogen) atoms. The van der Waals surface area contributed by atoms with Crippen molar-refractivity contribution in [2.24, 2.45) is 0 Å². The van der Waals surface area contributed by atoms with Crippen molar-refractivity contribution in [2.75, 3.05) is 24.3 Å². The third-order valence-electron chi connectivity index (χ3n) is 2.51. The highest BCUT2D eigenvalue weighted by Crippen LogP contribution is 2.26. The van der Waals surface area contributed by atoms with Gasteiger partial charge in [-0.05, 0) is 26.0 Å². The van der Waals surface area contributed by atoms with E-state index in [2.05, 4.69) is 5.32 Å². The lowest BCUT2D eigenvalue weighted by atomic mass is 10.1. The van der Waals surface area contributed by atoms with Crippen molar-refractivity contribution in [3.63, 3.8) is 0 Å². The number of ether oxygens (including phenoxy) is 1. The Labute approximate surface area is 119 Å². The van der Waals surface area contributed by atoms with E-state index in [-0.39, 0.29) is 5.75 Å². The molecule has 0 spiro atoms. The van der Waals surface area contributed by atoms with Gasteiger partial charge in [0.15, 0.2) is 5.75 Å². The van der Waals surface area contributed by atoms with Gasteiger partial charge in [-0.25, -0.2) is 8.42 Å². The number of nitrogen functional groups attached to an aromatic ring is 1. The van der Waals surface area contributed by atoms with Gasteiger partial charge in [0.2, 0.25) is 0 Å². The molecular weight excluding hydrogens is 280 g/mol. The normalized spacial score (nSPS) is 12.8. The molecule has 0 aromatic heterocycles. The maximum Gasteiger partial charge on any atom is 0.255 e. The number of nitrogens with two attached hydrogens (primary N) is 1. The van der Waals surface area contributed by atoms with E-state index in [1.807, 2.05) is 0 Å². The predicted octanol–water partition coefficient (Wildman–Crippen LogP) is 0.830. The zero-order valence-electron chi connectivity index (χ0n) is 11.8. The Morgan fingerprint density at radius 3 is 2.65 bits per heavy atom. The van der Waals surface area contributed by atoms with Crippen LogP contribution >= 0.6 is 0 Å². The molecule has 0 fully saturated rings. The summed E-state index contributed by atoms with van der Waals surface area (Å²) in [6.45, 7) is 3.80. The van der Waals surface area contributed by atoms with Crippen molar-refractivity contribution in [2.45, 2.75) is 19.9 Å². The van der Waals surface area contributed by atoms with Crippen LogP contribution in [0, 0.1) is 0 Å². The van der Waals surface area contributed by atoms with Crippen molar-refractivity contribution >= 4 is 21.4 Å². The molecule has 0 aliphatic rings. The number of sulfone groups is 1. The van der Waals surface area contributed by atoms with Gasteiger partial charge in [0, 0.05) is 12.3 Å². The standard InChI is InChI=1S/C13H20N2O4S/c1-4-19-12-10(6-5-7-11(12)14)13(16)15-9(2)8-20(3,17)18/h5-7,9H,4,8,14H2,1-3H3,(H,15,16). The van der Waals surface area contributed by atoms with E-state index >= 15 is 0 Å². The molecule has 3 N–H and O–H groups in total. The molecule has 0 aliphatic heterocycles. The van der Waals surface area contributed by atoms with Crippen LogP contribution in [0.15, 0.2) is 18.2 Å². The Hall–Kier alpha value is -1.76. The fraction of sp³-hybridized carbons (Fsp3) is 0.462. The van der Waals surface area contributed by atoms with Crippen LogP contribution in [-0.2, 0) is 9.84 Å². The molecule has 0 bridgehead atoms. The van der Waals surface area contributed by atoms with Gasteiger partial charge in [0.1, 0.15) is 9.84 Å². The number of amides is 1. The van der Waals surface area contributed by atoms with Crippen LogP contribution in [0.3, 0.4) is 0 Å². The number of hydrogen-bond donors (Lipinski definition) is 2. The first kappa shape index (κ1) is 16.3. The maximum atomic E-state index is 12.1. The van der Waals surface area contributed by atoms with E-state index in [9.17, 15) is 13.2 Å². The zero-order valence-corrected chi connectivity index (χ0v) is 12.7. The predicted molar refractivity (Wildman–Crippen MR) is 78.7 cm³/mol. The summed E-state index contributed by atoms with van der Waals surface area (Å²) in [5.41, 5.74) is 6.45. The van der Waals surface area contributed by atoms with Gasteiger partial charge in [-0.1, -0.05) is 6.07 Å². The Morgan fingerprint density at radius 2 is 2.10 bits per heavy atom. The van der Waals surface area contributed by atoms with Gasteiger partial charge in [0.25, 0.3) is 5.91 Å². The van der Waals surface area contributed by atoms with Crippen LogP contribution in [0.2, 0.25) is 0 Å². The van der Waals surface area contributed by atoms with Gasteiger partial charge in [-0.15, -0.1) is 0 Å². The lowest BCUT2D eigenvalue weighted by Gasteiger charge is -2.16. The van der Waals surface area contributed by atoms with Crippen LogP contribution in [0.4, 0.5) is 5.69 Å². The molecule has 1 amide bonds. The summed E-state index contributed by atoms with van der Waals surface area (Å²) in [4.78, 5) is 12.1. The molecule has 0 saturated heterocycles. The lowest BCUT2D eigenvalue weighted by molar-refractivity contribution is 0.0940. The molecule has 7 heteroatoms. The minimum absolute atomic E-state index is 0.120. The molecular formula is C13H20N2O4S. The number of carbonyl (C=O) groups excluding carboxylic acids is 1. The topological polar surface area (TPSA) is 98.5 Å². The largest absolute Gasteiger partial charge is 0.491 e. The van der Waals surface area contributed by atoms with Crippen LogP contribution in [-0.4, -0.2) is 39.0 Å². The first-order chi connectivity index (χ1) is 9.24. The number of nitrogens with one attached hydrogen (secondary N) is 1. The van der Waals surface area contributed by atoms with Gasteiger partial charge < -0.3 is 15.8 Å². The van der Waals surface area contributed by atoms with Gasteiger partial charge in [-0.3, -0.25) is 4.79 Å². The summed E-state index contributed by atoms with van der Waals surface area (Å²) in [6.07, 6.45) is 1.13. The molecule has 1 rings (SSSR count). The molecule has 6 nitrogen and oxygen atoms in total. The van der Waals surface area contributed by atoms with Crippen LogP contribution in [0.5, 0.6) is 5.75 Å². The van der Waals surface area contributed by atoms with E-state index in [0.29, 0.717) is 23.6 Å². The fourth-order valence-electron chi connectivity index (χ4n) is 1.84. The number of benzene rings is 1. The minimum Gasteiger partial charge on any atom is -0.491 e. The van der Waals surface area contributed by atoms with Gasteiger partial charge in [0.05, 0.1) is 23.6 Å². The second-order valence-electron chi connectivity index (χ2n) is 4.62. The Morgan fingerprint density at radius 1 is 1.45 bits per heavy atom. The highest BCUT2D eigenvalue weighted by atomic mass is 32.2. The summed E-state index contributed by atoms with van der Waals surface area (Å²) in [5, 5.41) is 2.63. The number of para-hydroxylation sites is 1. The zero-order chi connectivity index (χ0) is 15.3. The van der Waals surface area contributed by atoms with Crippen molar-refractivity contribution in [1.82, 2.24) is 5.32 Å². The first-order valence-electron chi connectivity index (χ1n) is 6.24. The van der Waals surface area contributed by atoms with Crippen LogP contribution < -0.4 is 15.8 Å². The van der Waals surface area contributed by atoms with Gasteiger partial charge >= 0.3 is 0 Å². The average Bonchev–Trinajstić information content (AvgIpc) is 2.29. The van der Waals surface area contributed by atoms with Crippen LogP contribution in [0.1, 0.15) is 24.2 Å². The molecule has 1 atom stereocenters. The van der Waals surface area contributed by atoms with E-state index in [0.717, 1.165) is 6.26 Å². The quantitative estimate of drug-likeness (QED) is 0.758. The van der Waals surface area contributed by atoms with Crippen LogP contribution in [0.25, 0.3) is 0 Å². The lowest BCUT2D eigenvalue weighted by Crippen LogP contribution is -2.37. The second-order valence-corrected chi connectivity index (χ2v) is 6.81. The van der Waals surface area contributed by atoms with Crippen molar-refractivity contribution in [3.8, 4) is 5.75 Å². The summed E-state index contributed by atoms with van der Waals surface area (Å²) in [7, 11) is -3.15. The molecule has 1 aromatic carbocycles. The molecule has 1 unspecified atom stereocenters. The van der Waals surface area contributed by atoms with E-state index in [4.69, 9.17) is 10.5 Å². The Bertz CT molecular complexity index is 584. The van der Waals surface area contributed by atoms with Crippen molar-refractivity contribution < 1.29 is 17.9 Å². The second kappa shape index (κ2) is 6.60. The Kier molecular flexibility index (Phi) is 5.38. The highest BCUT2D eigenvalue weighted by Gasteiger charge is 2.18. The van der Waals surface area contributed by atoms with E-state index < -0.39 is 21.8 Å². The maximum absolute atomic E-state index is 12.1. The molecule has 0 aliphatic carbocycles. The SMILES string of the molecule is CCOc1c(N)cccc1C(=O)NC(C)CS(C)(=O)=O. The first-order valence-corrected chi connectivity index (χ1v) is 8.30. The number of hydrogen-bond acceptors (Lipinski definition) is 5. The summed E-state index contributed by atoms with van der Waals surface area (Å²) < 4.78 is 27.7.